The first-order valence-electron chi connectivity index (χ1n) is 9.62. The maximum absolute atomic E-state index is 6.22. The van der Waals surface area contributed by atoms with Crippen LogP contribution in [0.25, 0.3) is 0 Å². The monoisotopic (exact) mass is 346 g/mol. The van der Waals surface area contributed by atoms with Crippen LogP contribution < -0.4 is 4.74 Å². The molecule has 138 valence electrons. The minimum absolute atomic E-state index is 0.0132. The lowest BCUT2D eigenvalue weighted by Crippen LogP contribution is -2.51. The fraction of sp³-hybridized carbons (Fsp3) is 0.750. The van der Waals surface area contributed by atoms with Crippen molar-refractivity contribution in [3.05, 3.63) is 23.9 Å². The second-order valence-corrected chi connectivity index (χ2v) is 7.89. The topological polar surface area (TPSA) is 43.8 Å². The van der Waals surface area contributed by atoms with Crippen molar-refractivity contribution in [2.45, 2.75) is 62.8 Å². The summed E-state index contributed by atoms with van der Waals surface area (Å²) < 4.78 is 17.4. The lowest BCUT2D eigenvalue weighted by atomic mass is 9.79. The molecule has 0 radical (unpaired) electrons. The van der Waals surface area contributed by atoms with Crippen molar-refractivity contribution in [3.8, 4) is 5.88 Å². The van der Waals surface area contributed by atoms with Gasteiger partial charge in [0, 0.05) is 45.1 Å². The lowest BCUT2D eigenvalue weighted by Gasteiger charge is -2.43. The number of likely N-dealkylation sites (tertiary alicyclic amines) is 1. The van der Waals surface area contributed by atoms with E-state index in [1.165, 1.54) is 18.4 Å². The Morgan fingerprint density at radius 3 is 2.76 bits per heavy atom. The zero-order valence-electron chi connectivity index (χ0n) is 15.4. The first-order valence-corrected chi connectivity index (χ1v) is 9.62. The number of ether oxygens (including phenoxy) is 3. The zero-order chi connectivity index (χ0) is 17.3. The van der Waals surface area contributed by atoms with Crippen LogP contribution in [0.3, 0.4) is 0 Å². The Hall–Kier alpha value is -1.17. The van der Waals surface area contributed by atoms with Gasteiger partial charge in [-0.2, -0.15) is 0 Å². The molecular formula is C20H30N2O3. The van der Waals surface area contributed by atoms with Crippen LogP contribution in [0.5, 0.6) is 5.88 Å². The van der Waals surface area contributed by atoms with Gasteiger partial charge in [-0.15, -0.1) is 0 Å². The smallest absolute Gasteiger partial charge is 0.212 e. The van der Waals surface area contributed by atoms with E-state index in [2.05, 4.69) is 16.0 Å². The first kappa shape index (κ1) is 17.3. The summed E-state index contributed by atoms with van der Waals surface area (Å²) in [6, 6.07) is 4.50. The van der Waals surface area contributed by atoms with Crippen LogP contribution in [0, 0.1) is 5.92 Å². The molecule has 1 saturated heterocycles. The van der Waals surface area contributed by atoms with Crippen LogP contribution in [0.4, 0.5) is 0 Å². The van der Waals surface area contributed by atoms with Gasteiger partial charge in [0.1, 0.15) is 0 Å². The minimum Gasteiger partial charge on any atom is -0.481 e. The molecular weight excluding hydrogens is 316 g/mol. The van der Waals surface area contributed by atoms with E-state index in [9.17, 15) is 0 Å². The van der Waals surface area contributed by atoms with E-state index in [0.717, 1.165) is 51.3 Å². The molecule has 2 saturated carbocycles. The highest BCUT2D eigenvalue weighted by molar-refractivity contribution is 5.18. The third-order valence-electron chi connectivity index (χ3n) is 6.31. The molecule has 2 heterocycles. The van der Waals surface area contributed by atoms with E-state index in [1.54, 1.807) is 7.11 Å². The number of aromatic nitrogens is 1. The van der Waals surface area contributed by atoms with Crippen molar-refractivity contribution < 1.29 is 14.2 Å². The Bertz CT molecular complexity index is 575. The average molecular weight is 346 g/mol. The van der Waals surface area contributed by atoms with Crippen LogP contribution >= 0.6 is 0 Å². The molecule has 5 nitrogen and oxygen atoms in total. The molecule has 0 N–H and O–H groups in total. The van der Waals surface area contributed by atoms with E-state index in [-0.39, 0.29) is 5.60 Å². The maximum atomic E-state index is 6.22. The van der Waals surface area contributed by atoms with Gasteiger partial charge in [0.05, 0.1) is 18.8 Å². The van der Waals surface area contributed by atoms with E-state index < -0.39 is 0 Å². The van der Waals surface area contributed by atoms with Crippen LogP contribution in [0.15, 0.2) is 18.3 Å². The molecule has 5 heteroatoms. The molecule has 3 atom stereocenters. The van der Waals surface area contributed by atoms with Gasteiger partial charge in [-0.05, 0) is 50.0 Å². The quantitative estimate of drug-likeness (QED) is 0.759. The highest BCUT2D eigenvalue weighted by Gasteiger charge is 2.51. The summed E-state index contributed by atoms with van der Waals surface area (Å²) >= 11 is 0. The molecule has 4 rings (SSSR count). The summed E-state index contributed by atoms with van der Waals surface area (Å²) in [7, 11) is 3.54. The number of hydrogen-bond donors (Lipinski definition) is 0. The fourth-order valence-corrected chi connectivity index (χ4v) is 4.51. The lowest BCUT2D eigenvalue weighted by molar-refractivity contribution is -0.103. The SMILES string of the molecule is COc1ccc(CN2CC[C@]3(OC)CC[C@@H](OCC4CC4)C[C@H]23)cn1. The number of nitrogens with zero attached hydrogens (tertiary/aromatic N) is 2. The molecule has 0 amide bonds. The van der Waals surface area contributed by atoms with Crippen molar-refractivity contribution in [1.82, 2.24) is 9.88 Å². The second-order valence-electron chi connectivity index (χ2n) is 7.89. The third-order valence-corrected chi connectivity index (χ3v) is 6.31. The first-order chi connectivity index (χ1) is 12.2. The zero-order valence-corrected chi connectivity index (χ0v) is 15.4. The highest BCUT2D eigenvalue weighted by atomic mass is 16.5. The molecule has 1 aromatic heterocycles. The van der Waals surface area contributed by atoms with Crippen molar-refractivity contribution in [2.24, 2.45) is 5.92 Å². The molecule has 0 aromatic carbocycles. The molecule has 0 unspecified atom stereocenters. The summed E-state index contributed by atoms with van der Waals surface area (Å²) in [5.41, 5.74) is 1.24. The van der Waals surface area contributed by atoms with Crippen molar-refractivity contribution in [1.29, 1.82) is 0 Å². The Morgan fingerprint density at radius 1 is 1.20 bits per heavy atom. The van der Waals surface area contributed by atoms with Gasteiger partial charge >= 0.3 is 0 Å². The molecule has 3 aliphatic rings. The minimum atomic E-state index is 0.0132. The van der Waals surface area contributed by atoms with E-state index in [4.69, 9.17) is 14.2 Å². The van der Waals surface area contributed by atoms with Crippen LogP contribution in [-0.2, 0) is 16.0 Å². The molecule has 25 heavy (non-hydrogen) atoms. The van der Waals surface area contributed by atoms with E-state index >= 15 is 0 Å². The largest absolute Gasteiger partial charge is 0.481 e. The fourth-order valence-electron chi connectivity index (χ4n) is 4.51. The number of rotatable bonds is 7. The van der Waals surface area contributed by atoms with Crippen LogP contribution in [0.1, 0.15) is 44.1 Å². The van der Waals surface area contributed by atoms with Gasteiger partial charge in [0.25, 0.3) is 0 Å². The van der Waals surface area contributed by atoms with Crippen LogP contribution in [-0.4, -0.2) is 55.0 Å². The van der Waals surface area contributed by atoms with Crippen molar-refractivity contribution >= 4 is 0 Å². The molecule has 1 aromatic rings. The Kier molecular flexibility index (Phi) is 4.98. The predicted octanol–water partition coefficient (Wildman–Crippen LogP) is 3.03. The summed E-state index contributed by atoms with van der Waals surface area (Å²) in [5, 5.41) is 0. The Labute approximate surface area is 150 Å². The van der Waals surface area contributed by atoms with E-state index in [0.29, 0.717) is 18.0 Å². The van der Waals surface area contributed by atoms with Gasteiger partial charge < -0.3 is 14.2 Å². The van der Waals surface area contributed by atoms with Gasteiger partial charge in [-0.3, -0.25) is 4.90 Å². The second kappa shape index (κ2) is 7.22. The van der Waals surface area contributed by atoms with Crippen molar-refractivity contribution in [2.75, 3.05) is 27.4 Å². The average Bonchev–Trinajstić information content (AvgIpc) is 3.43. The number of fused-ring (bicyclic) bond motifs is 1. The van der Waals surface area contributed by atoms with Crippen molar-refractivity contribution in [3.63, 3.8) is 0 Å². The third kappa shape index (κ3) is 3.69. The summed E-state index contributed by atoms with van der Waals surface area (Å²) in [5.74, 6) is 1.50. The normalized spacial score (nSPS) is 32.6. The van der Waals surface area contributed by atoms with Gasteiger partial charge in [-0.1, -0.05) is 6.07 Å². The van der Waals surface area contributed by atoms with Gasteiger partial charge in [0.2, 0.25) is 5.88 Å². The standard InChI is InChI=1S/C20H30N2O3/c1-23-19-6-5-16(12-21-19)13-22-10-9-20(24-2)8-7-17(11-18(20)22)25-14-15-3-4-15/h5-6,12,15,17-18H,3-4,7-11,13-14H2,1-2H3/t17-,18+,20-/m1/s1. The molecule has 0 spiro atoms. The van der Waals surface area contributed by atoms with Crippen LogP contribution in [0.2, 0.25) is 0 Å². The summed E-state index contributed by atoms with van der Waals surface area (Å²) in [4.78, 5) is 6.92. The predicted molar refractivity (Wildman–Crippen MR) is 95.7 cm³/mol. The highest BCUT2D eigenvalue weighted by Crippen LogP contribution is 2.44. The molecule has 0 bridgehead atoms. The number of pyridine rings is 1. The maximum Gasteiger partial charge on any atom is 0.212 e. The Balaban J connectivity index is 1.42. The Morgan fingerprint density at radius 2 is 2.08 bits per heavy atom. The number of hydrogen-bond acceptors (Lipinski definition) is 5. The van der Waals surface area contributed by atoms with Gasteiger partial charge in [-0.25, -0.2) is 4.98 Å². The summed E-state index contributed by atoms with van der Waals surface area (Å²) in [6.45, 7) is 2.96. The van der Waals surface area contributed by atoms with Gasteiger partial charge in [0.15, 0.2) is 0 Å². The van der Waals surface area contributed by atoms with E-state index in [1.807, 2.05) is 19.4 Å². The number of methoxy groups -OCH3 is 2. The molecule has 3 fully saturated rings. The molecule has 2 aliphatic carbocycles. The molecule has 1 aliphatic heterocycles. The summed E-state index contributed by atoms with van der Waals surface area (Å²) in [6.07, 6.45) is 9.48.